The highest BCUT2D eigenvalue weighted by molar-refractivity contribution is 6.24. The Labute approximate surface area is 287 Å². The van der Waals surface area contributed by atoms with Crippen LogP contribution in [-0.2, 0) is 0 Å². The summed E-state index contributed by atoms with van der Waals surface area (Å²) in [6, 6.07) is 58.2. The molecule has 10 rings (SSSR count). The monoisotopic (exact) mass is 640 g/mol. The number of pyridine rings is 1. The molecule has 0 unspecified atom stereocenters. The minimum Gasteiger partial charge on any atom is -0.455 e. The predicted octanol–water partition coefficient (Wildman–Crippen LogP) is 11.5. The molecule has 0 spiro atoms. The number of aromatic nitrogens is 4. The van der Waals surface area contributed by atoms with Gasteiger partial charge in [0.25, 0.3) is 0 Å². The Morgan fingerprint density at radius 1 is 0.400 bits per heavy atom. The zero-order valence-corrected chi connectivity index (χ0v) is 26.9. The van der Waals surface area contributed by atoms with Gasteiger partial charge in [0, 0.05) is 38.4 Å². The summed E-state index contributed by atoms with van der Waals surface area (Å²) in [5.74, 6) is 1.50. The number of fused-ring (bicyclic) bond motifs is 7. The molecule has 234 valence electrons. The van der Waals surface area contributed by atoms with Crippen molar-refractivity contribution in [3.8, 4) is 51.0 Å². The maximum absolute atomic E-state index is 6.65. The largest absolute Gasteiger partial charge is 0.455 e. The molecule has 0 aliphatic carbocycles. The second kappa shape index (κ2) is 11.4. The van der Waals surface area contributed by atoms with Gasteiger partial charge in [-0.05, 0) is 54.6 Å². The summed E-state index contributed by atoms with van der Waals surface area (Å²) in [6.45, 7) is 0. The first-order valence-electron chi connectivity index (χ1n) is 16.7. The number of furan rings is 1. The van der Waals surface area contributed by atoms with Gasteiger partial charge in [0.2, 0.25) is 0 Å². The van der Waals surface area contributed by atoms with Crippen molar-refractivity contribution in [2.24, 2.45) is 0 Å². The summed E-state index contributed by atoms with van der Waals surface area (Å²) in [4.78, 5) is 15.5. The molecule has 0 atom stereocenters. The summed E-state index contributed by atoms with van der Waals surface area (Å²) in [5, 5.41) is 4.25. The molecule has 0 amide bonds. The van der Waals surface area contributed by atoms with Gasteiger partial charge in [-0.3, -0.25) is 4.57 Å². The third-order valence-corrected chi connectivity index (χ3v) is 9.43. The molecule has 0 saturated heterocycles. The van der Waals surface area contributed by atoms with Crippen LogP contribution in [0.25, 0.3) is 94.7 Å². The fraction of sp³-hybridized carbons (Fsp3) is 0. The SMILES string of the molecule is c1ccc(-c2cccc(-n3c4ccc(-c5nc(-c6ccccc6)cc(-c6ccccc6)n5)cc4c4c5oc6ccccc6c5ccc43)n2)cc1. The standard InChI is InChI=1S/C45H28N4O/c1-4-13-29(14-5-1)36-20-12-22-42(46-36)49-39-25-23-32(27-35(39)43-40(49)26-24-34-33-19-10-11-21-41(33)50-44(34)43)45-47-37(30-15-6-2-7-16-30)28-38(48-45)31-17-8-3-9-18-31/h1-28H. The van der Waals surface area contributed by atoms with Crippen molar-refractivity contribution in [1.82, 2.24) is 19.5 Å². The summed E-state index contributed by atoms with van der Waals surface area (Å²) >= 11 is 0. The molecule has 0 aliphatic heterocycles. The average Bonchev–Trinajstić information content (AvgIpc) is 3.74. The quantitative estimate of drug-likeness (QED) is 0.188. The molecule has 4 aromatic heterocycles. The van der Waals surface area contributed by atoms with Crippen LogP contribution >= 0.6 is 0 Å². The average molecular weight is 641 g/mol. The lowest BCUT2D eigenvalue weighted by atomic mass is 10.0. The van der Waals surface area contributed by atoms with Gasteiger partial charge in [-0.1, -0.05) is 115 Å². The number of hydrogen-bond donors (Lipinski definition) is 0. The zero-order chi connectivity index (χ0) is 33.0. The van der Waals surface area contributed by atoms with Crippen molar-refractivity contribution in [3.63, 3.8) is 0 Å². The maximum Gasteiger partial charge on any atom is 0.160 e. The van der Waals surface area contributed by atoms with Gasteiger partial charge in [-0.25, -0.2) is 15.0 Å². The Hall–Kier alpha value is -6.85. The second-order valence-electron chi connectivity index (χ2n) is 12.4. The number of para-hydroxylation sites is 1. The number of nitrogens with zero attached hydrogens (tertiary/aromatic N) is 4. The third-order valence-electron chi connectivity index (χ3n) is 9.43. The van der Waals surface area contributed by atoms with Crippen LogP contribution in [0.4, 0.5) is 0 Å². The van der Waals surface area contributed by atoms with E-state index in [1.165, 1.54) is 0 Å². The molecule has 4 heterocycles. The van der Waals surface area contributed by atoms with Crippen molar-refractivity contribution >= 4 is 43.7 Å². The third kappa shape index (κ3) is 4.60. The minimum atomic E-state index is 0.661. The van der Waals surface area contributed by atoms with Gasteiger partial charge < -0.3 is 4.42 Å². The van der Waals surface area contributed by atoms with Crippen molar-refractivity contribution in [2.75, 3.05) is 0 Å². The van der Waals surface area contributed by atoms with Crippen LogP contribution in [0.15, 0.2) is 174 Å². The van der Waals surface area contributed by atoms with Crippen LogP contribution in [0.3, 0.4) is 0 Å². The summed E-state index contributed by atoms with van der Waals surface area (Å²) < 4.78 is 8.89. The summed E-state index contributed by atoms with van der Waals surface area (Å²) in [7, 11) is 0. The Balaban J connectivity index is 1.25. The molecule has 0 aliphatic rings. The smallest absolute Gasteiger partial charge is 0.160 e. The normalized spacial score (nSPS) is 11.6. The van der Waals surface area contributed by atoms with E-state index >= 15 is 0 Å². The molecule has 10 aromatic rings. The molecular formula is C45H28N4O. The van der Waals surface area contributed by atoms with Crippen molar-refractivity contribution in [1.29, 1.82) is 0 Å². The lowest BCUT2D eigenvalue weighted by molar-refractivity contribution is 0.673. The Kier molecular flexibility index (Phi) is 6.42. The molecular weight excluding hydrogens is 613 g/mol. The molecule has 0 radical (unpaired) electrons. The fourth-order valence-electron chi connectivity index (χ4n) is 7.08. The minimum absolute atomic E-state index is 0.661. The topological polar surface area (TPSA) is 56.7 Å². The highest BCUT2D eigenvalue weighted by Crippen LogP contribution is 2.41. The molecule has 6 aromatic carbocycles. The number of rotatable bonds is 5. The molecule has 5 heteroatoms. The van der Waals surface area contributed by atoms with E-state index in [9.17, 15) is 0 Å². The number of hydrogen-bond acceptors (Lipinski definition) is 4. The Bertz CT molecular complexity index is 2800. The van der Waals surface area contributed by atoms with E-state index in [-0.39, 0.29) is 0 Å². The molecule has 50 heavy (non-hydrogen) atoms. The highest BCUT2D eigenvalue weighted by Gasteiger charge is 2.21. The van der Waals surface area contributed by atoms with E-state index in [4.69, 9.17) is 19.4 Å². The summed E-state index contributed by atoms with van der Waals surface area (Å²) in [6.07, 6.45) is 0. The molecule has 0 fully saturated rings. The van der Waals surface area contributed by atoms with Crippen LogP contribution in [0.5, 0.6) is 0 Å². The van der Waals surface area contributed by atoms with Gasteiger partial charge >= 0.3 is 0 Å². The van der Waals surface area contributed by atoms with E-state index in [1.54, 1.807) is 0 Å². The number of benzene rings is 6. The van der Waals surface area contributed by atoms with Gasteiger partial charge in [0.1, 0.15) is 17.0 Å². The first-order valence-corrected chi connectivity index (χ1v) is 16.7. The fourth-order valence-corrected chi connectivity index (χ4v) is 7.08. The van der Waals surface area contributed by atoms with E-state index in [1.807, 2.05) is 66.7 Å². The maximum atomic E-state index is 6.65. The molecule has 0 saturated carbocycles. The zero-order valence-electron chi connectivity index (χ0n) is 26.9. The first kappa shape index (κ1) is 28.2. The van der Waals surface area contributed by atoms with Crippen molar-refractivity contribution in [2.45, 2.75) is 0 Å². The van der Waals surface area contributed by atoms with E-state index < -0.39 is 0 Å². The van der Waals surface area contributed by atoms with Gasteiger partial charge in [0.05, 0.1) is 33.5 Å². The van der Waals surface area contributed by atoms with E-state index in [2.05, 4.69) is 108 Å². The van der Waals surface area contributed by atoms with E-state index in [0.29, 0.717) is 5.82 Å². The lowest BCUT2D eigenvalue weighted by Gasteiger charge is -2.11. The summed E-state index contributed by atoms with van der Waals surface area (Å²) in [5.41, 5.74) is 10.5. The van der Waals surface area contributed by atoms with Crippen LogP contribution in [0, 0.1) is 0 Å². The van der Waals surface area contributed by atoms with Gasteiger partial charge in [-0.2, -0.15) is 0 Å². The second-order valence-corrected chi connectivity index (χ2v) is 12.4. The van der Waals surface area contributed by atoms with Gasteiger partial charge in [-0.15, -0.1) is 0 Å². The Morgan fingerprint density at radius 2 is 1.02 bits per heavy atom. The molecule has 5 nitrogen and oxygen atoms in total. The van der Waals surface area contributed by atoms with Crippen LogP contribution < -0.4 is 0 Å². The van der Waals surface area contributed by atoms with E-state index in [0.717, 1.165) is 88.9 Å². The Morgan fingerprint density at radius 3 is 1.72 bits per heavy atom. The lowest BCUT2D eigenvalue weighted by Crippen LogP contribution is -1.99. The van der Waals surface area contributed by atoms with Gasteiger partial charge in [0.15, 0.2) is 5.82 Å². The van der Waals surface area contributed by atoms with Crippen molar-refractivity contribution < 1.29 is 4.42 Å². The van der Waals surface area contributed by atoms with Crippen molar-refractivity contribution in [3.05, 3.63) is 170 Å². The molecule has 0 bridgehead atoms. The molecule has 0 N–H and O–H groups in total. The predicted molar refractivity (Wildman–Crippen MR) is 203 cm³/mol. The van der Waals surface area contributed by atoms with Crippen LogP contribution in [0.1, 0.15) is 0 Å². The van der Waals surface area contributed by atoms with Crippen LogP contribution in [-0.4, -0.2) is 19.5 Å². The highest BCUT2D eigenvalue weighted by atomic mass is 16.3. The van der Waals surface area contributed by atoms with Crippen LogP contribution in [0.2, 0.25) is 0 Å². The first-order chi connectivity index (χ1) is 24.8.